The van der Waals surface area contributed by atoms with Gasteiger partial charge in [-0.2, -0.15) is 0 Å². The molecule has 3 aromatic heterocycles. The fourth-order valence-electron chi connectivity index (χ4n) is 5.32. The standard InChI is InChI=1S/C25H34N6O2/c1-19-16-21(33-27-19)17-28(2)18-22-24(26-23-10-6-7-11-31(22)23)25(32)30-14-12-29(13-15-30)20-8-4-3-5-9-20/h6-7,10-11,16,20H,3-5,8-9,12-15,17-18H2,1-2H3. The summed E-state index contributed by atoms with van der Waals surface area (Å²) in [6.07, 6.45) is 8.66. The molecule has 33 heavy (non-hydrogen) atoms. The number of amides is 1. The van der Waals surface area contributed by atoms with Crippen LogP contribution in [0.15, 0.2) is 35.0 Å². The first-order valence-corrected chi connectivity index (χ1v) is 12.2. The molecule has 1 amide bonds. The molecule has 176 valence electrons. The Kier molecular flexibility index (Phi) is 6.46. The van der Waals surface area contributed by atoms with E-state index in [1.807, 2.05) is 53.7 Å². The predicted molar refractivity (Wildman–Crippen MR) is 126 cm³/mol. The van der Waals surface area contributed by atoms with Crippen LogP contribution in [0.25, 0.3) is 5.65 Å². The van der Waals surface area contributed by atoms with Gasteiger partial charge >= 0.3 is 0 Å². The van der Waals surface area contributed by atoms with E-state index in [1.165, 1.54) is 32.1 Å². The zero-order valence-electron chi connectivity index (χ0n) is 19.7. The normalized spacial score (nSPS) is 18.5. The third-order valence-electron chi connectivity index (χ3n) is 7.05. The smallest absolute Gasteiger partial charge is 0.274 e. The maximum absolute atomic E-state index is 13.6. The molecule has 5 rings (SSSR count). The lowest BCUT2D eigenvalue weighted by Gasteiger charge is -2.40. The summed E-state index contributed by atoms with van der Waals surface area (Å²) in [5.41, 5.74) is 3.16. The monoisotopic (exact) mass is 450 g/mol. The molecule has 2 fully saturated rings. The third kappa shape index (κ3) is 4.82. The molecule has 1 aliphatic heterocycles. The number of piperazine rings is 1. The van der Waals surface area contributed by atoms with Gasteiger partial charge in [-0.15, -0.1) is 0 Å². The van der Waals surface area contributed by atoms with Crippen molar-refractivity contribution in [2.45, 2.75) is 58.2 Å². The van der Waals surface area contributed by atoms with Crippen molar-refractivity contribution in [2.24, 2.45) is 0 Å². The average molecular weight is 451 g/mol. The number of hydrogen-bond acceptors (Lipinski definition) is 6. The number of carbonyl (C=O) groups is 1. The minimum Gasteiger partial charge on any atom is -0.360 e. The van der Waals surface area contributed by atoms with Gasteiger partial charge in [0.2, 0.25) is 0 Å². The van der Waals surface area contributed by atoms with Crippen molar-refractivity contribution in [2.75, 3.05) is 33.2 Å². The summed E-state index contributed by atoms with van der Waals surface area (Å²) in [4.78, 5) is 25.1. The van der Waals surface area contributed by atoms with Gasteiger partial charge in [0.25, 0.3) is 5.91 Å². The lowest BCUT2D eigenvalue weighted by Crippen LogP contribution is -2.52. The van der Waals surface area contributed by atoms with Crippen molar-refractivity contribution in [3.05, 3.63) is 53.3 Å². The maximum atomic E-state index is 13.6. The largest absolute Gasteiger partial charge is 0.360 e. The van der Waals surface area contributed by atoms with Crippen LogP contribution in [0.1, 0.15) is 59.7 Å². The SMILES string of the molecule is Cc1cc(CN(C)Cc2c(C(=O)N3CCN(C4CCCCC4)CC3)nc3ccccn23)on1. The molecule has 0 spiro atoms. The number of pyridine rings is 1. The number of carbonyl (C=O) groups excluding carboxylic acids is 1. The van der Waals surface area contributed by atoms with Gasteiger partial charge in [-0.1, -0.05) is 30.5 Å². The van der Waals surface area contributed by atoms with Crippen LogP contribution in [0.4, 0.5) is 0 Å². The van der Waals surface area contributed by atoms with E-state index in [2.05, 4.69) is 15.0 Å². The van der Waals surface area contributed by atoms with Crippen LogP contribution in [0.5, 0.6) is 0 Å². The molecular weight excluding hydrogens is 416 g/mol. The topological polar surface area (TPSA) is 70.1 Å². The average Bonchev–Trinajstić information content (AvgIpc) is 3.42. The second kappa shape index (κ2) is 9.65. The highest BCUT2D eigenvalue weighted by Gasteiger charge is 2.30. The van der Waals surface area contributed by atoms with Crippen molar-refractivity contribution in [1.29, 1.82) is 0 Å². The fourth-order valence-corrected chi connectivity index (χ4v) is 5.32. The van der Waals surface area contributed by atoms with Gasteiger partial charge in [-0.25, -0.2) is 4.98 Å². The van der Waals surface area contributed by atoms with Gasteiger partial charge in [0.15, 0.2) is 11.5 Å². The van der Waals surface area contributed by atoms with Crippen molar-refractivity contribution in [1.82, 2.24) is 29.2 Å². The molecule has 2 aliphatic rings. The van der Waals surface area contributed by atoms with E-state index in [0.29, 0.717) is 24.8 Å². The van der Waals surface area contributed by atoms with Gasteiger partial charge < -0.3 is 13.8 Å². The molecule has 4 heterocycles. The summed E-state index contributed by atoms with van der Waals surface area (Å²) in [5.74, 6) is 0.858. The van der Waals surface area contributed by atoms with Gasteiger partial charge in [0.05, 0.1) is 17.9 Å². The Labute approximate surface area is 195 Å². The Morgan fingerprint density at radius 2 is 1.91 bits per heavy atom. The summed E-state index contributed by atoms with van der Waals surface area (Å²) in [6, 6.07) is 8.55. The van der Waals surface area contributed by atoms with Crippen LogP contribution in [0.2, 0.25) is 0 Å². The molecule has 8 heteroatoms. The van der Waals surface area contributed by atoms with Crippen LogP contribution in [-0.2, 0) is 13.1 Å². The van der Waals surface area contributed by atoms with Gasteiger partial charge in [0, 0.05) is 51.0 Å². The Morgan fingerprint density at radius 3 is 2.64 bits per heavy atom. The zero-order chi connectivity index (χ0) is 22.8. The molecule has 0 aromatic carbocycles. The van der Waals surface area contributed by atoms with E-state index in [9.17, 15) is 4.79 Å². The number of aryl methyl sites for hydroxylation is 1. The molecule has 0 bridgehead atoms. The molecule has 1 saturated heterocycles. The molecule has 8 nitrogen and oxygen atoms in total. The van der Waals surface area contributed by atoms with E-state index in [-0.39, 0.29) is 5.91 Å². The first kappa shape index (κ1) is 22.1. The molecule has 0 radical (unpaired) electrons. The second-order valence-corrected chi connectivity index (χ2v) is 9.56. The number of imidazole rings is 1. The van der Waals surface area contributed by atoms with Crippen LogP contribution in [-0.4, -0.2) is 74.4 Å². The lowest BCUT2D eigenvalue weighted by molar-refractivity contribution is 0.0517. The van der Waals surface area contributed by atoms with E-state index in [4.69, 9.17) is 9.51 Å². The molecule has 0 N–H and O–H groups in total. The quantitative estimate of drug-likeness (QED) is 0.574. The Balaban J connectivity index is 1.31. The molecule has 0 atom stereocenters. The minimum atomic E-state index is 0.0425. The maximum Gasteiger partial charge on any atom is 0.274 e. The summed E-state index contributed by atoms with van der Waals surface area (Å²) >= 11 is 0. The van der Waals surface area contributed by atoms with Gasteiger partial charge in [-0.3, -0.25) is 14.6 Å². The minimum absolute atomic E-state index is 0.0425. The van der Waals surface area contributed by atoms with E-state index < -0.39 is 0 Å². The van der Waals surface area contributed by atoms with Crippen LogP contribution >= 0.6 is 0 Å². The van der Waals surface area contributed by atoms with Gasteiger partial charge in [0.1, 0.15) is 5.65 Å². The van der Waals surface area contributed by atoms with Crippen molar-refractivity contribution >= 4 is 11.6 Å². The summed E-state index contributed by atoms with van der Waals surface area (Å²) in [6.45, 7) is 6.60. The van der Waals surface area contributed by atoms with Crippen molar-refractivity contribution in [3.63, 3.8) is 0 Å². The molecule has 1 aliphatic carbocycles. The highest BCUT2D eigenvalue weighted by atomic mass is 16.5. The van der Waals surface area contributed by atoms with E-state index in [0.717, 1.165) is 49.0 Å². The molecular formula is C25H34N6O2. The Bertz CT molecular complexity index is 1090. The number of rotatable bonds is 6. The number of aromatic nitrogens is 3. The summed E-state index contributed by atoms with van der Waals surface area (Å²) < 4.78 is 7.42. The summed E-state index contributed by atoms with van der Waals surface area (Å²) in [5, 5.41) is 3.98. The molecule has 0 unspecified atom stereocenters. The Hall–Kier alpha value is -2.71. The third-order valence-corrected chi connectivity index (χ3v) is 7.05. The molecule has 1 saturated carbocycles. The van der Waals surface area contributed by atoms with Crippen LogP contribution < -0.4 is 0 Å². The first-order valence-electron chi connectivity index (χ1n) is 12.2. The van der Waals surface area contributed by atoms with Crippen molar-refractivity contribution < 1.29 is 9.32 Å². The first-order chi connectivity index (χ1) is 16.1. The predicted octanol–water partition coefficient (Wildman–Crippen LogP) is 3.35. The zero-order valence-corrected chi connectivity index (χ0v) is 19.7. The highest BCUT2D eigenvalue weighted by molar-refractivity contribution is 5.94. The van der Waals surface area contributed by atoms with Crippen LogP contribution in [0.3, 0.4) is 0 Å². The summed E-state index contributed by atoms with van der Waals surface area (Å²) in [7, 11) is 2.03. The van der Waals surface area contributed by atoms with Crippen molar-refractivity contribution in [3.8, 4) is 0 Å². The van der Waals surface area contributed by atoms with Crippen LogP contribution in [0, 0.1) is 6.92 Å². The number of fused-ring (bicyclic) bond motifs is 1. The van der Waals surface area contributed by atoms with E-state index >= 15 is 0 Å². The second-order valence-electron chi connectivity index (χ2n) is 9.56. The van der Waals surface area contributed by atoms with Gasteiger partial charge in [-0.05, 0) is 38.9 Å². The molecule has 3 aromatic rings. The number of hydrogen-bond donors (Lipinski definition) is 0. The van der Waals surface area contributed by atoms with E-state index in [1.54, 1.807) is 0 Å². The highest BCUT2D eigenvalue weighted by Crippen LogP contribution is 2.24. The fraction of sp³-hybridized carbons (Fsp3) is 0.560. The lowest BCUT2D eigenvalue weighted by atomic mass is 9.94. The Morgan fingerprint density at radius 1 is 1.12 bits per heavy atom. The number of nitrogens with zero attached hydrogens (tertiary/aromatic N) is 6.